The van der Waals surface area contributed by atoms with Gasteiger partial charge in [-0.1, -0.05) is 24.6 Å². The van der Waals surface area contributed by atoms with Gasteiger partial charge in [-0.3, -0.25) is 9.69 Å². The van der Waals surface area contributed by atoms with Gasteiger partial charge in [-0.15, -0.1) is 0 Å². The normalized spacial score (nSPS) is 28.5. The fourth-order valence-corrected chi connectivity index (χ4v) is 1.94. The number of esters is 1. The van der Waals surface area contributed by atoms with Gasteiger partial charge in [0, 0.05) is 25.2 Å². The molecular formula is C10H16ClNO2. The van der Waals surface area contributed by atoms with E-state index < -0.39 is 0 Å². The highest BCUT2D eigenvalue weighted by molar-refractivity contribution is 6.25. The highest BCUT2D eigenvalue weighted by Crippen LogP contribution is 2.23. The summed E-state index contributed by atoms with van der Waals surface area (Å²) in [6.45, 7) is 4.59. The highest BCUT2D eigenvalue weighted by Gasteiger charge is 2.34. The minimum atomic E-state index is -0.102. The van der Waals surface area contributed by atoms with Crippen LogP contribution in [0.1, 0.15) is 6.92 Å². The number of halogens is 1. The third-order valence-corrected chi connectivity index (χ3v) is 2.82. The van der Waals surface area contributed by atoms with Crippen LogP contribution in [0.3, 0.4) is 0 Å². The van der Waals surface area contributed by atoms with Crippen LogP contribution in [-0.4, -0.2) is 37.6 Å². The molecule has 0 amide bonds. The maximum absolute atomic E-state index is 11.4. The lowest BCUT2D eigenvalue weighted by molar-refractivity contribution is -0.146. The van der Waals surface area contributed by atoms with Crippen molar-refractivity contribution < 1.29 is 9.53 Å². The third kappa shape index (κ3) is 2.72. The molecule has 2 unspecified atom stereocenters. The Morgan fingerprint density at radius 3 is 2.93 bits per heavy atom. The first-order valence-corrected chi connectivity index (χ1v) is 5.18. The van der Waals surface area contributed by atoms with Crippen molar-refractivity contribution in [2.75, 3.05) is 26.7 Å². The molecule has 0 bridgehead atoms. The smallest absolute Gasteiger partial charge is 0.310 e. The molecule has 0 aromatic rings. The molecule has 1 heterocycles. The van der Waals surface area contributed by atoms with Crippen molar-refractivity contribution in [2.24, 2.45) is 11.8 Å². The predicted molar refractivity (Wildman–Crippen MR) is 56.1 cm³/mol. The molecule has 3 nitrogen and oxygen atoms in total. The van der Waals surface area contributed by atoms with Gasteiger partial charge < -0.3 is 4.74 Å². The van der Waals surface area contributed by atoms with E-state index in [2.05, 4.69) is 11.8 Å². The molecule has 1 aliphatic rings. The van der Waals surface area contributed by atoms with Crippen molar-refractivity contribution in [1.82, 2.24) is 4.90 Å². The molecular weight excluding hydrogens is 202 g/mol. The summed E-state index contributed by atoms with van der Waals surface area (Å²) < 4.78 is 4.75. The maximum Gasteiger partial charge on any atom is 0.310 e. The summed E-state index contributed by atoms with van der Waals surface area (Å²) in [6.07, 6.45) is 1.88. The van der Waals surface area contributed by atoms with Gasteiger partial charge >= 0.3 is 5.97 Å². The molecule has 0 saturated carbocycles. The Bertz CT molecular complexity index is 230. The fraction of sp³-hybridized carbons (Fsp3) is 0.700. The molecule has 0 radical (unpaired) electrons. The average Bonchev–Trinajstić information content (AvgIpc) is 2.55. The van der Waals surface area contributed by atoms with E-state index in [4.69, 9.17) is 16.3 Å². The van der Waals surface area contributed by atoms with Gasteiger partial charge in [-0.05, 0) is 5.92 Å². The zero-order valence-electron chi connectivity index (χ0n) is 8.57. The monoisotopic (exact) mass is 217 g/mol. The molecule has 0 N–H and O–H groups in total. The van der Waals surface area contributed by atoms with Gasteiger partial charge in [-0.25, -0.2) is 0 Å². The summed E-state index contributed by atoms with van der Waals surface area (Å²) in [5, 5.41) is 0. The number of hydrogen-bond donors (Lipinski definition) is 0. The van der Waals surface area contributed by atoms with Crippen LogP contribution < -0.4 is 0 Å². The van der Waals surface area contributed by atoms with Crippen LogP contribution in [0.5, 0.6) is 0 Å². The van der Waals surface area contributed by atoms with Crippen molar-refractivity contribution in [2.45, 2.75) is 6.92 Å². The van der Waals surface area contributed by atoms with Crippen LogP contribution in [0.4, 0.5) is 0 Å². The maximum atomic E-state index is 11.4. The van der Waals surface area contributed by atoms with Crippen molar-refractivity contribution in [3.8, 4) is 0 Å². The largest absolute Gasteiger partial charge is 0.469 e. The molecule has 0 aromatic heterocycles. The molecule has 4 heteroatoms. The number of carbonyl (C=O) groups is 1. The van der Waals surface area contributed by atoms with Gasteiger partial charge in [0.15, 0.2) is 0 Å². The number of likely N-dealkylation sites (tertiary alicyclic amines) is 1. The Morgan fingerprint density at radius 2 is 2.36 bits per heavy atom. The van der Waals surface area contributed by atoms with Crippen molar-refractivity contribution >= 4 is 17.6 Å². The van der Waals surface area contributed by atoms with Gasteiger partial charge in [-0.2, -0.15) is 0 Å². The summed E-state index contributed by atoms with van der Waals surface area (Å²) in [6, 6.07) is 0. The molecule has 1 rings (SSSR count). The van der Waals surface area contributed by atoms with E-state index in [1.54, 1.807) is 0 Å². The summed E-state index contributed by atoms with van der Waals surface area (Å²) in [5.41, 5.74) is 1.51. The lowest BCUT2D eigenvalue weighted by Gasteiger charge is -2.11. The van der Waals surface area contributed by atoms with E-state index in [-0.39, 0.29) is 11.9 Å². The van der Waals surface area contributed by atoms with Crippen LogP contribution in [0, 0.1) is 11.8 Å². The second-order valence-electron chi connectivity index (χ2n) is 3.69. The third-order valence-electron chi connectivity index (χ3n) is 2.64. The van der Waals surface area contributed by atoms with Crippen molar-refractivity contribution in [3.63, 3.8) is 0 Å². The van der Waals surface area contributed by atoms with E-state index in [0.29, 0.717) is 5.92 Å². The zero-order valence-corrected chi connectivity index (χ0v) is 9.33. The minimum Gasteiger partial charge on any atom is -0.469 e. The average molecular weight is 218 g/mol. The number of methoxy groups -OCH3 is 1. The molecule has 0 aliphatic carbocycles. The molecule has 1 aliphatic heterocycles. The first-order valence-electron chi connectivity index (χ1n) is 4.74. The van der Waals surface area contributed by atoms with E-state index in [9.17, 15) is 4.79 Å². The molecule has 80 valence electrons. The zero-order chi connectivity index (χ0) is 10.6. The number of hydrogen-bond acceptors (Lipinski definition) is 3. The van der Waals surface area contributed by atoms with Crippen LogP contribution in [0.2, 0.25) is 0 Å². The first kappa shape index (κ1) is 11.5. The number of rotatable bonds is 3. The second-order valence-corrected chi connectivity index (χ2v) is 3.94. The fourth-order valence-electron chi connectivity index (χ4n) is 1.86. The Balaban J connectivity index is 2.47. The molecule has 1 fully saturated rings. The number of nitrogens with zero attached hydrogens (tertiary/aromatic N) is 1. The van der Waals surface area contributed by atoms with Gasteiger partial charge in [0.1, 0.15) is 0 Å². The van der Waals surface area contributed by atoms with Gasteiger partial charge in [0.25, 0.3) is 0 Å². The topological polar surface area (TPSA) is 29.5 Å². The number of ether oxygens (including phenoxy) is 1. The Labute approximate surface area is 89.7 Å². The first-order chi connectivity index (χ1) is 6.69. The summed E-state index contributed by atoms with van der Waals surface area (Å²) >= 11 is 5.44. The summed E-state index contributed by atoms with van der Waals surface area (Å²) in [4.78, 5) is 13.6. The van der Waals surface area contributed by atoms with Crippen LogP contribution in [-0.2, 0) is 9.53 Å². The molecule has 0 aromatic carbocycles. The summed E-state index contributed by atoms with van der Waals surface area (Å²) in [7, 11) is 1.44. The van der Waals surface area contributed by atoms with E-state index >= 15 is 0 Å². The lowest BCUT2D eigenvalue weighted by atomic mass is 9.99. The minimum absolute atomic E-state index is 0.0173. The molecule has 14 heavy (non-hydrogen) atoms. The molecule has 1 saturated heterocycles. The Kier molecular flexibility index (Phi) is 4.42. The second kappa shape index (κ2) is 5.37. The quantitative estimate of drug-likeness (QED) is 0.671. The summed E-state index contributed by atoms with van der Waals surface area (Å²) in [5.74, 6) is 0.282. The van der Waals surface area contributed by atoms with Gasteiger partial charge in [0.05, 0.1) is 13.0 Å². The van der Waals surface area contributed by atoms with E-state index in [1.807, 2.05) is 6.08 Å². The standard InChI is InChI=1S/C10H16ClNO2/c1-8-6-12(5-3-4-11)7-9(8)10(13)14-2/h3-4,8-9H,5-7H2,1-2H3. The molecule has 2 atom stereocenters. The van der Waals surface area contributed by atoms with Crippen LogP contribution >= 0.6 is 11.6 Å². The lowest BCUT2D eigenvalue weighted by Crippen LogP contribution is -2.24. The van der Waals surface area contributed by atoms with Gasteiger partial charge in [0.2, 0.25) is 0 Å². The highest BCUT2D eigenvalue weighted by atomic mass is 35.5. The van der Waals surface area contributed by atoms with E-state index in [1.165, 1.54) is 12.6 Å². The SMILES string of the molecule is COC(=O)C1CN(CC=CCl)CC1C. The van der Waals surface area contributed by atoms with Crippen molar-refractivity contribution in [1.29, 1.82) is 0 Å². The van der Waals surface area contributed by atoms with E-state index in [0.717, 1.165) is 19.6 Å². The Hall–Kier alpha value is -0.540. The van der Waals surface area contributed by atoms with Crippen LogP contribution in [0.15, 0.2) is 11.6 Å². The molecule has 0 spiro atoms. The number of carbonyl (C=O) groups excluding carboxylic acids is 1. The van der Waals surface area contributed by atoms with Crippen LogP contribution in [0.25, 0.3) is 0 Å². The predicted octanol–water partition coefficient (Wildman–Crippen LogP) is 1.48. The Morgan fingerprint density at radius 1 is 1.64 bits per heavy atom. The van der Waals surface area contributed by atoms with Crippen molar-refractivity contribution in [3.05, 3.63) is 11.6 Å².